The van der Waals surface area contributed by atoms with Crippen LogP contribution < -0.4 is 10.5 Å². The van der Waals surface area contributed by atoms with Crippen LogP contribution in [0.4, 0.5) is 0 Å². The number of rotatable bonds is 4. The van der Waals surface area contributed by atoms with Crippen LogP contribution in [-0.2, 0) is 0 Å². The normalized spacial score (nSPS) is 12.5. The van der Waals surface area contributed by atoms with Crippen molar-refractivity contribution in [1.29, 1.82) is 0 Å². The maximum absolute atomic E-state index is 5.68. The molecule has 2 heteroatoms. The van der Waals surface area contributed by atoms with Crippen LogP contribution in [0.25, 0.3) is 0 Å². The summed E-state index contributed by atoms with van der Waals surface area (Å²) in [6, 6.07) is 8.06. The molecule has 0 heterocycles. The standard InChI is InChI=1S/C11H17NO/c1-3-9(8-12)10-6-4-5-7-11(10)13-2/h4-7,9H,3,8,12H2,1-2H3. The van der Waals surface area contributed by atoms with E-state index in [4.69, 9.17) is 10.5 Å². The summed E-state index contributed by atoms with van der Waals surface area (Å²) in [4.78, 5) is 0. The maximum Gasteiger partial charge on any atom is 0.122 e. The van der Waals surface area contributed by atoms with Crippen molar-refractivity contribution in [3.05, 3.63) is 29.8 Å². The van der Waals surface area contributed by atoms with Gasteiger partial charge in [-0.1, -0.05) is 25.1 Å². The Hall–Kier alpha value is -1.02. The molecule has 1 atom stereocenters. The van der Waals surface area contributed by atoms with Gasteiger partial charge in [0.2, 0.25) is 0 Å². The van der Waals surface area contributed by atoms with Gasteiger partial charge < -0.3 is 10.5 Å². The monoisotopic (exact) mass is 179 g/mol. The second-order valence-corrected chi connectivity index (χ2v) is 3.08. The van der Waals surface area contributed by atoms with Gasteiger partial charge in [-0.25, -0.2) is 0 Å². The first-order valence-electron chi connectivity index (χ1n) is 4.66. The van der Waals surface area contributed by atoms with Crippen molar-refractivity contribution in [2.75, 3.05) is 13.7 Å². The zero-order chi connectivity index (χ0) is 9.68. The summed E-state index contributed by atoms with van der Waals surface area (Å²) in [5, 5.41) is 0. The largest absolute Gasteiger partial charge is 0.496 e. The molecule has 0 spiro atoms. The molecule has 0 amide bonds. The lowest BCUT2D eigenvalue weighted by Gasteiger charge is -2.15. The molecular formula is C11H17NO. The van der Waals surface area contributed by atoms with Crippen molar-refractivity contribution < 1.29 is 4.74 Å². The van der Waals surface area contributed by atoms with Gasteiger partial charge in [0, 0.05) is 0 Å². The molecule has 0 saturated heterocycles. The second-order valence-electron chi connectivity index (χ2n) is 3.08. The summed E-state index contributed by atoms with van der Waals surface area (Å²) in [5.41, 5.74) is 6.90. The van der Waals surface area contributed by atoms with E-state index in [9.17, 15) is 0 Å². The van der Waals surface area contributed by atoms with Crippen LogP contribution in [-0.4, -0.2) is 13.7 Å². The minimum absolute atomic E-state index is 0.413. The fourth-order valence-electron chi connectivity index (χ4n) is 1.52. The molecule has 0 aliphatic rings. The Morgan fingerprint density at radius 1 is 1.38 bits per heavy atom. The summed E-state index contributed by atoms with van der Waals surface area (Å²) in [7, 11) is 1.70. The van der Waals surface area contributed by atoms with Crippen LogP contribution in [0, 0.1) is 0 Å². The summed E-state index contributed by atoms with van der Waals surface area (Å²) in [6.07, 6.45) is 1.05. The maximum atomic E-state index is 5.68. The Bertz CT molecular complexity index is 256. The van der Waals surface area contributed by atoms with E-state index < -0.39 is 0 Å². The molecule has 0 aromatic heterocycles. The van der Waals surface area contributed by atoms with E-state index in [0.29, 0.717) is 12.5 Å². The van der Waals surface area contributed by atoms with E-state index >= 15 is 0 Å². The minimum atomic E-state index is 0.413. The molecule has 1 unspecified atom stereocenters. The minimum Gasteiger partial charge on any atom is -0.496 e. The highest BCUT2D eigenvalue weighted by Crippen LogP contribution is 2.27. The van der Waals surface area contributed by atoms with Crippen LogP contribution in [0.3, 0.4) is 0 Å². The molecule has 0 aliphatic carbocycles. The number of hydrogen-bond acceptors (Lipinski definition) is 2. The van der Waals surface area contributed by atoms with Gasteiger partial charge in [0.15, 0.2) is 0 Å². The zero-order valence-electron chi connectivity index (χ0n) is 8.29. The third-order valence-electron chi connectivity index (χ3n) is 2.36. The van der Waals surface area contributed by atoms with Gasteiger partial charge in [-0.3, -0.25) is 0 Å². The Morgan fingerprint density at radius 2 is 2.08 bits per heavy atom. The summed E-state index contributed by atoms with van der Waals surface area (Å²) in [5.74, 6) is 1.36. The van der Waals surface area contributed by atoms with Gasteiger partial charge in [-0.15, -0.1) is 0 Å². The number of methoxy groups -OCH3 is 1. The van der Waals surface area contributed by atoms with Gasteiger partial charge in [0.25, 0.3) is 0 Å². The quantitative estimate of drug-likeness (QED) is 0.768. The molecule has 1 aromatic rings. The van der Waals surface area contributed by atoms with Crippen LogP contribution in [0.2, 0.25) is 0 Å². The van der Waals surface area contributed by atoms with Crippen molar-refractivity contribution in [3.63, 3.8) is 0 Å². The molecule has 13 heavy (non-hydrogen) atoms. The Labute approximate surface area is 79.7 Å². The number of benzene rings is 1. The Kier molecular flexibility index (Phi) is 3.77. The third-order valence-corrected chi connectivity index (χ3v) is 2.36. The van der Waals surface area contributed by atoms with E-state index in [1.54, 1.807) is 7.11 Å². The zero-order valence-corrected chi connectivity index (χ0v) is 8.29. The highest BCUT2D eigenvalue weighted by Gasteiger charge is 2.11. The number of para-hydroxylation sites is 1. The molecule has 2 nitrogen and oxygen atoms in total. The van der Waals surface area contributed by atoms with Gasteiger partial charge in [0.05, 0.1) is 7.11 Å². The van der Waals surface area contributed by atoms with E-state index in [2.05, 4.69) is 13.0 Å². The third kappa shape index (κ3) is 2.22. The van der Waals surface area contributed by atoms with Crippen LogP contribution >= 0.6 is 0 Å². The van der Waals surface area contributed by atoms with Crippen molar-refractivity contribution in [2.45, 2.75) is 19.3 Å². The molecule has 0 aliphatic heterocycles. The smallest absolute Gasteiger partial charge is 0.122 e. The predicted molar refractivity (Wildman–Crippen MR) is 55.1 cm³/mol. The summed E-state index contributed by atoms with van der Waals surface area (Å²) < 4.78 is 5.27. The predicted octanol–water partition coefficient (Wildman–Crippen LogP) is 2.15. The van der Waals surface area contributed by atoms with E-state index in [1.165, 1.54) is 5.56 Å². The van der Waals surface area contributed by atoms with Crippen molar-refractivity contribution in [1.82, 2.24) is 0 Å². The van der Waals surface area contributed by atoms with Crippen LogP contribution in [0.15, 0.2) is 24.3 Å². The highest BCUT2D eigenvalue weighted by atomic mass is 16.5. The highest BCUT2D eigenvalue weighted by molar-refractivity contribution is 5.36. The average molecular weight is 179 g/mol. The fourth-order valence-corrected chi connectivity index (χ4v) is 1.52. The molecule has 0 saturated carbocycles. The first-order chi connectivity index (χ1) is 6.33. The van der Waals surface area contributed by atoms with Gasteiger partial charge in [-0.05, 0) is 30.5 Å². The SMILES string of the molecule is CCC(CN)c1ccccc1OC. The molecular weight excluding hydrogens is 162 g/mol. The molecule has 2 N–H and O–H groups in total. The summed E-state index contributed by atoms with van der Waals surface area (Å²) >= 11 is 0. The van der Waals surface area contributed by atoms with Crippen molar-refractivity contribution >= 4 is 0 Å². The lowest BCUT2D eigenvalue weighted by atomic mass is 9.96. The topological polar surface area (TPSA) is 35.2 Å². The van der Waals surface area contributed by atoms with E-state index in [1.807, 2.05) is 18.2 Å². The average Bonchev–Trinajstić information content (AvgIpc) is 2.20. The van der Waals surface area contributed by atoms with Gasteiger partial charge >= 0.3 is 0 Å². The number of hydrogen-bond donors (Lipinski definition) is 1. The molecule has 0 radical (unpaired) electrons. The first kappa shape index (κ1) is 10.1. The fraction of sp³-hybridized carbons (Fsp3) is 0.455. The lowest BCUT2D eigenvalue weighted by molar-refractivity contribution is 0.405. The second kappa shape index (κ2) is 4.87. The van der Waals surface area contributed by atoms with Crippen LogP contribution in [0.5, 0.6) is 5.75 Å². The van der Waals surface area contributed by atoms with Crippen LogP contribution in [0.1, 0.15) is 24.8 Å². The van der Waals surface area contributed by atoms with Crippen molar-refractivity contribution in [2.24, 2.45) is 5.73 Å². The number of nitrogens with two attached hydrogens (primary N) is 1. The number of ether oxygens (including phenoxy) is 1. The molecule has 1 aromatic carbocycles. The Morgan fingerprint density at radius 3 is 2.62 bits per heavy atom. The van der Waals surface area contributed by atoms with Gasteiger partial charge in [-0.2, -0.15) is 0 Å². The van der Waals surface area contributed by atoms with E-state index in [0.717, 1.165) is 12.2 Å². The summed E-state index contributed by atoms with van der Waals surface area (Å²) in [6.45, 7) is 2.82. The Balaban J connectivity index is 2.96. The lowest BCUT2D eigenvalue weighted by Crippen LogP contribution is -2.12. The molecule has 72 valence electrons. The van der Waals surface area contributed by atoms with Gasteiger partial charge in [0.1, 0.15) is 5.75 Å². The first-order valence-corrected chi connectivity index (χ1v) is 4.66. The van der Waals surface area contributed by atoms with E-state index in [-0.39, 0.29) is 0 Å². The molecule has 1 rings (SSSR count). The molecule has 0 fully saturated rings. The molecule has 0 bridgehead atoms. The van der Waals surface area contributed by atoms with Crippen molar-refractivity contribution in [3.8, 4) is 5.75 Å².